The maximum atomic E-state index is 12.8. The summed E-state index contributed by atoms with van der Waals surface area (Å²) in [7, 11) is 0. The Morgan fingerprint density at radius 2 is 1.73 bits per heavy atom. The molecule has 0 aliphatic carbocycles. The van der Waals surface area contributed by atoms with Crippen LogP contribution in [0.3, 0.4) is 0 Å². The molecular formula is C20H29N3O3. The van der Waals surface area contributed by atoms with Crippen LogP contribution in [-0.4, -0.2) is 78.9 Å². The topological polar surface area (TPSA) is 53.1 Å². The maximum absolute atomic E-state index is 12.8. The van der Waals surface area contributed by atoms with Crippen LogP contribution in [0.15, 0.2) is 24.3 Å². The molecule has 2 heterocycles. The van der Waals surface area contributed by atoms with Gasteiger partial charge in [-0.3, -0.25) is 14.5 Å². The van der Waals surface area contributed by atoms with Crippen molar-refractivity contribution in [3.63, 3.8) is 0 Å². The number of fused-ring (bicyclic) bond motifs is 1. The molecule has 0 aromatic heterocycles. The van der Waals surface area contributed by atoms with Gasteiger partial charge in [-0.15, -0.1) is 0 Å². The van der Waals surface area contributed by atoms with Gasteiger partial charge >= 0.3 is 0 Å². The lowest BCUT2D eigenvalue weighted by Crippen LogP contribution is -2.54. The van der Waals surface area contributed by atoms with Gasteiger partial charge in [0.05, 0.1) is 12.5 Å². The summed E-state index contributed by atoms with van der Waals surface area (Å²) < 4.78 is 5.76. The molecule has 26 heavy (non-hydrogen) atoms. The van der Waals surface area contributed by atoms with E-state index in [2.05, 4.69) is 18.7 Å². The van der Waals surface area contributed by atoms with Crippen molar-refractivity contribution < 1.29 is 14.3 Å². The molecule has 0 spiro atoms. The van der Waals surface area contributed by atoms with Crippen molar-refractivity contribution in [3.05, 3.63) is 29.8 Å². The summed E-state index contributed by atoms with van der Waals surface area (Å²) in [6.45, 7) is 9.27. The van der Waals surface area contributed by atoms with Crippen molar-refractivity contribution >= 4 is 11.8 Å². The summed E-state index contributed by atoms with van der Waals surface area (Å²) in [6, 6.07) is 7.92. The van der Waals surface area contributed by atoms with Crippen LogP contribution >= 0.6 is 0 Å². The molecule has 142 valence electrons. The lowest BCUT2D eigenvalue weighted by molar-refractivity contribution is -0.143. The first kappa shape index (κ1) is 18.7. The van der Waals surface area contributed by atoms with Crippen molar-refractivity contribution in [1.82, 2.24) is 14.7 Å². The molecule has 1 unspecified atom stereocenters. The smallest absolute Gasteiger partial charge is 0.236 e. The number of piperazine rings is 1. The zero-order chi connectivity index (χ0) is 18.5. The lowest BCUT2D eigenvalue weighted by Gasteiger charge is -2.37. The largest absolute Gasteiger partial charge is 0.492 e. The third kappa shape index (κ3) is 4.18. The molecule has 0 bridgehead atoms. The van der Waals surface area contributed by atoms with E-state index in [4.69, 9.17) is 4.74 Å². The number of hydrogen-bond donors (Lipinski definition) is 0. The number of nitrogens with zero attached hydrogens (tertiary/aromatic N) is 3. The van der Waals surface area contributed by atoms with E-state index >= 15 is 0 Å². The van der Waals surface area contributed by atoms with Gasteiger partial charge in [-0.25, -0.2) is 0 Å². The van der Waals surface area contributed by atoms with Gasteiger partial charge < -0.3 is 14.5 Å². The number of carbonyl (C=O) groups excluding carboxylic acids is 2. The fraction of sp³-hybridized carbons (Fsp3) is 0.600. The quantitative estimate of drug-likeness (QED) is 0.794. The highest BCUT2D eigenvalue weighted by Crippen LogP contribution is 2.27. The number of carbonyl (C=O) groups is 2. The Bertz CT molecular complexity index is 637. The normalized spacial score (nSPS) is 19.9. The van der Waals surface area contributed by atoms with Crippen LogP contribution in [0.25, 0.3) is 0 Å². The Hall–Kier alpha value is -2.08. The van der Waals surface area contributed by atoms with Crippen LogP contribution in [0, 0.1) is 5.92 Å². The third-order valence-electron chi connectivity index (χ3n) is 5.43. The lowest BCUT2D eigenvalue weighted by atomic mass is 9.95. The number of ether oxygens (including phenoxy) is 1. The zero-order valence-corrected chi connectivity index (χ0v) is 15.8. The fourth-order valence-corrected chi connectivity index (χ4v) is 3.66. The van der Waals surface area contributed by atoms with Gasteiger partial charge in [-0.05, 0) is 31.1 Å². The minimum absolute atomic E-state index is 0.122. The van der Waals surface area contributed by atoms with E-state index < -0.39 is 0 Å². The van der Waals surface area contributed by atoms with Gasteiger partial charge in [0, 0.05) is 26.2 Å². The molecule has 2 amide bonds. The van der Waals surface area contributed by atoms with E-state index in [1.54, 1.807) is 0 Å². The Morgan fingerprint density at radius 3 is 2.42 bits per heavy atom. The molecule has 2 aliphatic rings. The van der Waals surface area contributed by atoms with Crippen LogP contribution < -0.4 is 4.74 Å². The van der Waals surface area contributed by atoms with Gasteiger partial charge in [-0.1, -0.05) is 32.0 Å². The zero-order valence-electron chi connectivity index (χ0n) is 15.8. The highest BCUT2D eigenvalue weighted by atomic mass is 16.5. The summed E-state index contributed by atoms with van der Waals surface area (Å²) in [5, 5.41) is 0. The van der Waals surface area contributed by atoms with E-state index in [1.807, 2.05) is 34.1 Å². The van der Waals surface area contributed by atoms with E-state index in [0.29, 0.717) is 39.3 Å². The number of amides is 2. The molecule has 1 aromatic rings. The monoisotopic (exact) mass is 359 g/mol. The van der Waals surface area contributed by atoms with Gasteiger partial charge in [0.2, 0.25) is 11.8 Å². The number of para-hydroxylation sites is 1. The maximum Gasteiger partial charge on any atom is 0.236 e. The van der Waals surface area contributed by atoms with Gasteiger partial charge in [0.25, 0.3) is 0 Å². The van der Waals surface area contributed by atoms with Crippen molar-refractivity contribution in [2.45, 2.75) is 20.3 Å². The van der Waals surface area contributed by atoms with Crippen LogP contribution in [0.2, 0.25) is 0 Å². The van der Waals surface area contributed by atoms with Crippen LogP contribution in [0.1, 0.15) is 19.4 Å². The number of hydrogen-bond acceptors (Lipinski definition) is 4. The summed E-state index contributed by atoms with van der Waals surface area (Å²) in [5.41, 5.74) is 1.10. The molecule has 1 atom stereocenters. The van der Waals surface area contributed by atoms with Gasteiger partial charge in [0.1, 0.15) is 12.4 Å². The minimum atomic E-state index is -0.122. The van der Waals surface area contributed by atoms with Crippen LogP contribution in [-0.2, 0) is 16.0 Å². The third-order valence-corrected chi connectivity index (χ3v) is 5.43. The highest BCUT2D eigenvalue weighted by molar-refractivity contribution is 5.81. The molecule has 0 radical (unpaired) electrons. The molecule has 6 heteroatoms. The second kappa shape index (κ2) is 8.54. The van der Waals surface area contributed by atoms with Crippen molar-refractivity contribution in [1.29, 1.82) is 0 Å². The van der Waals surface area contributed by atoms with Crippen LogP contribution in [0.5, 0.6) is 5.75 Å². The first-order valence-corrected chi connectivity index (χ1v) is 9.62. The molecule has 6 nitrogen and oxygen atoms in total. The summed E-state index contributed by atoms with van der Waals surface area (Å²) in [6.07, 6.45) is 0.732. The van der Waals surface area contributed by atoms with Gasteiger partial charge in [0.15, 0.2) is 0 Å². The summed E-state index contributed by atoms with van der Waals surface area (Å²) >= 11 is 0. The Balaban J connectivity index is 1.50. The Morgan fingerprint density at radius 1 is 1.08 bits per heavy atom. The number of likely N-dealkylation sites (N-methyl/N-ethyl adjacent to an activating group) is 1. The van der Waals surface area contributed by atoms with Crippen LogP contribution in [0.4, 0.5) is 0 Å². The molecule has 1 aromatic carbocycles. The van der Waals surface area contributed by atoms with Gasteiger partial charge in [-0.2, -0.15) is 0 Å². The minimum Gasteiger partial charge on any atom is -0.492 e. The fourth-order valence-electron chi connectivity index (χ4n) is 3.66. The average molecular weight is 359 g/mol. The predicted octanol–water partition coefficient (Wildman–Crippen LogP) is 1.25. The Labute approximate surface area is 155 Å². The van der Waals surface area contributed by atoms with Crippen molar-refractivity contribution in [3.8, 4) is 5.75 Å². The summed E-state index contributed by atoms with van der Waals surface area (Å²) in [5.74, 6) is 1.08. The second-order valence-corrected chi connectivity index (χ2v) is 6.99. The van der Waals surface area contributed by atoms with E-state index in [1.165, 1.54) is 0 Å². The number of benzene rings is 1. The number of rotatable bonds is 5. The molecule has 0 N–H and O–H groups in total. The average Bonchev–Trinajstić information content (AvgIpc) is 2.71. The highest BCUT2D eigenvalue weighted by Gasteiger charge is 2.32. The summed E-state index contributed by atoms with van der Waals surface area (Å²) in [4.78, 5) is 31.1. The molecule has 1 saturated heterocycles. The standard InChI is InChI=1S/C20H29N3O3/c1-3-21(4-2)14-19(24)22-9-11-23(12-10-22)20(25)17-13-16-7-5-6-8-18(16)26-15-17/h5-8,17H,3-4,9-15H2,1-2H3. The van der Waals surface area contributed by atoms with E-state index in [9.17, 15) is 9.59 Å². The van der Waals surface area contributed by atoms with Crippen molar-refractivity contribution in [2.75, 3.05) is 52.4 Å². The molecular weight excluding hydrogens is 330 g/mol. The van der Waals surface area contributed by atoms with Crippen molar-refractivity contribution in [2.24, 2.45) is 5.92 Å². The van der Waals surface area contributed by atoms with E-state index in [0.717, 1.165) is 30.8 Å². The predicted molar refractivity (Wildman–Crippen MR) is 100 cm³/mol. The Kier molecular flexibility index (Phi) is 6.14. The molecule has 0 saturated carbocycles. The second-order valence-electron chi connectivity index (χ2n) is 6.99. The molecule has 3 rings (SSSR count). The van der Waals surface area contributed by atoms with E-state index in [-0.39, 0.29) is 17.7 Å². The SMILES string of the molecule is CCN(CC)CC(=O)N1CCN(C(=O)C2COc3ccccc3C2)CC1. The molecule has 1 fully saturated rings. The first-order chi connectivity index (χ1) is 12.6. The first-order valence-electron chi connectivity index (χ1n) is 9.62. The molecule has 2 aliphatic heterocycles.